The zero-order valence-electron chi connectivity index (χ0n) is 14.3. The van der Waals surface area contributed by atoms with E-state index < -0.39 is 0 Å². The zero-order chi connectivity index (χ0) is 17.2. The number of benzene rings is 1. The van der Waals surface area contributed by atoms with E-state index in [-0.39, 0.29) is 0 Å². The zero-order valence-corrected chi connectivity index (χ0v) is 16.6. The third kappa shape index (κ3) is 7.08. The van der Waals surface area contributed by atoms with Crippen molar-refractivity contribution in [1.82, 2.24) is 9.55 Å². The molecule has 0 aliphatic carbocycles. The van der Waals surface area contributed by atoms with Gasteiger partial charge in [-0.15, -0.1) is 0 Å². The van der Waals surface area contributed by atoms with E-state index in [0.717, 1.165) is 17.3 Å². The summed E-state index contributed by atoms with van der Waals surface area (Å²) in [6.07, 6.45) is 13.5. The molecule has 2 aromatic rings. The number of unbranched alkanes of at least 4 members (excludes halogenated alkanes) is 3. The maximum Gasteiger partial charge on any atom is 0.0945 e. The van der Waals surface area contributed by atoms with Gasteiger partial charge in [-0.05, 0) is 30.5 Å². The molecule has 1 heterocycles. The largest absolute Gasteiger partial charge is 0.337 e. The molecule has 0 saturated carbocycles. The molecule has 0 fully saturated rings. The van der Waals surface area contributed by atoms with Gasteiger partial charge in [0.05, 0.1) is 6.33 Å². The highest BCUT2D eigenvalue weighted by Gasteiger charge is 2.11. The lowest BCUT2D eigenvalue weighted by Gasteiger charge is -2.17. The van der Waals surface area contributed by atoms with Gasteiger partial charge in [-0.2, -0.15) is 11.8 Å². The molecule has 1 atom stereocenters. The molecular weight excluding hydrogens is 359 g/mol. The van der Waals surface area contributed by atoms with Crippen LogP contribution in [0.5, 0.6) is 0 Å². The second-order valence-corrected chi connectivity index (χ2v) is 8.24. The highest BCUT2D eigenvalue weighted by Crippen LogP contribution is 2.30. The van der Waals surface area contributed by atoms with Crippen LogP contribution in [0.1, 0.15) is 51.0 Å². The summed E-state index contributed by atoms with van der Waals surface area (Å²) in [5, 5.41) is 2.12. The predicted molar refractivity (Wildman–Crippen MR) is 107 cm³/mol. The molecule has 0 spiro atoms. The number of thioether (sulfide) groups is 1. The molecule has 0 aliphatic rings. The summed E-state index contributed by atoms with van der Waals surface area (Å²) in [6.45, 7) is 3.29. The van der Waals surface area contributed by atoms with Gasteiger partial charge >= 0.3 is 0 Å². The van der Waals surface area contributed by atoms with E-state index in [2.05, 4.69) is 16.5 Å². The molecule has 1 unspecified atom stereocenters. The van der Waals surface area contributed by atoms with Crippen LogP contribution in [0.3, 0.4) is 0 Å². The van der Waals surface area contributed by atoms with Crippen LogP contribution in [0.25, 0.3) is 0 Å². The molecule has 0 amide bonds. The lowest BCUT2D eigenvalue weighted by atomic mass is 10.1. The Morgan fingerprint density at radius 2 is 2.04 bits per heavy atom. The van der Waals surface area contributed by atoms with E-state index in [4.69, 9.17) is 23.2 Å². The number of nitrogens with zero attached hydrogens (tertiary/aromatic N) is 2. The molecule has 0 bridgehead atoms. The number of hydrogen-bond donors (Lipinski definition) is 0. The Hall–Kier alpha value is -0.640. The number of halogens is 2. The van der Waals surface area contributed by atoms with Gasteiger partial charge in [0.1, 0.15) is 0 Å². The first-order valence-corrected chi connectivity index (χ1v) is 10.5. The molecule has 1 aromatic heterocycles. The second-order valence-electron chi connectivity index (χ2n) is 6.11. The first kappa shape index (κ1) is 19.7. The van der Waals surface area contributed by atoms with E-state index in [0.29, 0.717) is 10.3 Å². The van der Waals surface area contributed by atoms with Gasteiger partial charge in [0, 0.05) is 40.0 Å². The van der Waals surface area contributed by atoms with Crippen LogP contribution < -0.4 is 0 Å². The summed E-state index contributed by atoms with van der Waals surface area (Å²) >= 11 is 14.3. The molecule has 0 radical (unpaired) electrons. The summed E-state index contributed by atoms with van der Waals surface area (Å²) in [5.74, 6) is 0.943. The normalized spacial score (nSPS) is 12.5. The molecule has 24 heavy (non-hydrogen) atoms. The average molecular weight is 385 g/mol. The van der Waals surface area contributed by atoms with Crippen LogP contribution >= 0.6 is 35.0 Å². The molecule has 2 rings (SSSR count). The van der Waals surface area contributed by atoms with Crippen molar-refractivity contribution in [2.45, 2.75) is 63.0 Å². The highest BCUT2D eigenvalue weighted by molar-refractivity contribution is 7.99. The van der Waals surface area contributed by atoms with Crippen LogP contribution in [0, 0.1) is 0 Å². The molecule has 132 valence electrons. The van der Waals surface area contributed by atoms with Gasteiger partial charge < -0.3 is 4.57 Å². The van der Waals surface area contributed by atoms with E-state index in [9.17, 15) is 0 Å². The minimum absolute atomic E-state index is 0.649. The number of hydrogen-bond acceptors (Lipinski definition) is 2. The molecule has 0 saturated heterocycles. The lowest BCUT2D eigenvalue weighted by molar-refractivity contribution is 0.560. The van der Waals surface area contributed by atoms with Crippen molar-refractivity contribution < 1.29 is 0 Å². The minimum atomic E-state index is 0.649. The number of imidazole rings is 1. The van der Waals surface area contributed by atoms with Crippen LogP contribution in [-0.2, 0) is 12.3 Å². The van der Waals surface area contributed by atoms with Crippen LogP contribution in [0.2, 0.25) is 10.0 Å². The molecule has 2 nitrogen and oxygen atoms in total. The molecule has 0 N–H and O–H groups in total. The Morgan fingerprint density at radius 3 is 2.75 bits per heavy atom. The third-order valence-electron chi connectivity index (χ3n) is 4.14. The van der Waals surface area contributed by atoms with Crippen molar-refractivity contribution in [3.05, 3.63) is 52.5 Å². The number of aromatic nitrogens is 2. The Balaban J connectivity index is 1.85. The van der Waals surface area contributed by atoms with Crippen LogP contribution in [-0.4, -0.2) is 14.8 Å². The van der Waals surface area contributed by atoms with Gasteiger partial charge in [-0.1, -0.05) is 61.9 Å². The molecular formula is C19H26Cl2N2S. The van der Waals surface area contributed by atoms with Gasteiger partial charge in [0.15, 0.2) is 0 Å². The predicted octanol–water partition coefficient (Wildman–Crippen LogP) is 6.85. The summed E-state index contributed by atoms with van der Waals surface area (Å²) in [7, 11) is 0. The van der Waals surface area contributed by atoms with Gasteiger partial charge in [0.2, 0.25) is 0 Å². The Kier molecular flexibility index (Phi) is 9.08. The van der Waals surface area contributed by atoms with Crippen molar-refractivity contribution in [1.29, 1.82) is 0 Å². The number of aryl methyl sites for hydroxylation is 1. The van der Waals surface area contributed by atoms with Crippen molar-refractivity contribution in [3.63, 3.8) is 0 Å². The fourth-order valence-corrected chi connectivity index (χ4v) is 4.50. The first-order valence-electron chi connectivity index (χ1n) is 8.70. The Labute approximate surface area is 160 Å². The molecule has 1 aromatic carbocycles. The fourth-order valence-electron chi connectivity index (χ4n) is 2.67. The summed E-state index contributed by atoms with van der Waals surface area (Å²) in [6, 6.07) is 5.80. The van der Waals surface area contributed by atoms with Gasteiger partial charge in [-0.3, -0.25) is 0 Å². The SMILES string of the molecule is CCCCCCC(CCn1ccnc1)SCc1ccc(Cl)cc1Cl. The van der Waals surface area contributed by atoms with E-state index in [1.807, 2.05) is 48.7 Å². The van der Waals surface area contributed by atoms with Crippen molar-refractivity contribution in [3.8, 4) is 0 Å². The smallest absolute Gasteiger partial charge is 0.0945 e. The Morgan fingerprint density at radius 1 is 1.17 bits per heavy atom. The van der Waals surface area contributed by atoms with Gasteiger partial charge in [-0.25, -0.2) is 4.98 Å². The van der Waals surface area contributed by atoms with Crippen molar-refractivity contribution in [2.75, 3.05) is 0 Å². The van der Waals surface area contributed by atoms with E-state index in [1.54, 1.807) is 0 Å². The fraction of sp³-hybridized carbons (Fsp3) is 0.526. The standard InChI is InChI=1S/C19H26Cl2N2S/c1-2-3-4-5-6-18(9-11-23-12-10-22-15-23)24-14-16-7-8-17(20)13-19(16)21/h7-8,10,12-13,15,18H,2-6,9,11,14H2,1H3. The Bertz CT molecular complexity index is 587. The summed E-state index contributed by atoms with van der Waals surface area (Å²) in [5.41, 5.74) is 1.17. The van der Waals surface area contributed by atoms with Crippen molar-refractivity contribution in [2.24, 2.45) is 0 Å². The summed E-state index contributed by atoms with van der Waals surface area (Å²) < 4.78 is 2.16. The lowest BCUT2D eigenvalue weighted by Crippen LogP contribution is -2.08. The minimum Gasteiger partial charge on any atom is -0.337 e. The summed E-state index contributed by atoms with van der Waals surface area (Å²) in [4.78, 5) is 4.13. The highest BCUT2D eigenvalue weighted by atomic mass is 35.5. The van der Waals surface area contributed by atoms with E-state index in [1.165, 1.54) is 44.1 Å². The maximum atomic E-state index is 6.31. The average Bonchev–Trinajstić information content (AvgIpc) is 3.08. The number of rotatable bonds is 11. The quantitative estimate of drug-likeness (QED) is 0.394. The third-order valence-corrected chi connectivity index (χ3v) is 6.15. The maximum absolute atomic E-state index is 6.31. The van der Waals surface area contributed by atoms with E-state index >= 15 is 0 Å². The first-order chi connectivity index (χ1) is 11.7. The van der Waals surface area contributed by atoms with Crippen LogP contribution in [0.4, 0.5) is 0 Å². The molecule has 0 aliphatic heterocycles. The van der Waals surface area contributed by atoms with Gasteiger partial charge in [0.25, 0.3) is 0 Å². The monoisotopic (exact) mass is 384 g/mol. The van der Waals surface area contributed by atoms with Crippen molar-refractivity contribution >= 4 is 35.0 Å². The van der Waals surface area contributed by atoms with Crippen LogP contribution in [0.15, 0.2) is 36.9 Å². The molecule has 5 heteroatoms. The second kappa shape index (κ2) is 11.1. The topological polar surface area (TPSA) is 17.8 Å².